The maximum Gasteiger partial charge on any atom is 0.239 e. The summed E-state index contributed by atoms with van der Waals surface area (Å²) in [5.41, 5.74) is 1.37. The van der Waals surface area contributed by atoms with Crippen LogP contribution in [0.15, 0.2) is 30.3 Å². The maximum absolute atomic E-state index is 12.5. The van der Waals surface area contributed by atoms with E-state index in [-0.39, 0.29) is 24.4 Å². The second-order valence-electron chi connectivity index (χ2n) is 8.09. The van der Waals surface area contributed by atoms with Crippen LogP contribution in [0, 0.1) is 11.8 Å². The summed E-state index contributed by atoms with van der Waals surface area (Å²) in [6.07, 6.45) is 5.13. The Balaban J connectivity index is 1.30. The molecule has 2 heterocycles. The highest BCUT2D eigenvalue weighted by atomic mass is 16.2. The summed E-state index contributed by atoms with van der Waals surface area (Å²) in [7, 11) is 0. The monoisotopic (exact) mass is 355 g/mol. The van der Waals surface area contributed by atoms with Gasteiger partial charge in [0.1, 0.15) is 0 Å². The number of amides is 2. The summed E-state index contributed by atoms with van der Waals surface area (Å²) in [5.74, 6) is 1.48. The predicted molar refractivity (Wildman–Crippen MR) is 101 cm³/mol. The number of carbonyl (C=O) groups excluding carboxylic acids is 2. The quantitative estimate of drug-likeness (QED) is 0.810. The van der Waals surface area contributed by atoms with Gasteiger partial charge in [0.05, 0.1) is 6.54 Å². The van der Waals surface area contributed by atoms with Gasteiger partial charge in [-0.15, -0.1) is 0 Å². The van der Waals surface area contributed by atoms with E-state index in [0.717, 1.165) is 44.9 Å². The molecule has 26 heavy (non-hydrogen) atoms. The van der Waals surface area contributed by atoms with Crippen molar-refractivity contribution >= 4 is 11.8 Å². The maximum atomic E-state index is 12.5. The zero-order valence-corrected chi connectivity index (χ0v) is 15.4. The van der Waals surface area contributed by atoms with E-state index in [1.807, 2.05) is 0 Å². The molecule has 1 aromatic rings. The zero-order chi connectivity index (χ0) is 17.9. The molecule has 0 unspecified atom stereocenters. The standard InChI is InChI=1S/C21H29N3O2/c25-20(15-24-11-4-7-21(24)26)22-19-14-23(13-18(19)17-8-9-17)12-10-16-5-2-1-3-6-16/h1-3,5-6,17-19H,4,7-15H2,(H,22,25)/t18-,19+/m0/s1. The third-order valence-corrected chi connectivity index (χ3v) is 6.08. The van der Waals surface area contributed by atoms with Crippen molar-refractivity contribution in [1.82, 2.24) is 15.1 Å². The van der Waals surface area contributed by atoms with Crippen LogP contribution in [0.4, 0.5) is 0 Å². The number of carbonyl (C=O) groups is 2. The van der Waals surface area contributed by atoms with Gasteiger partial charge >= 0.3 is 0 Å². The number of rotatable bonds is 7. The lowest BCUT2D eigenvalue weighted by molar-refractivity contribution is -0.133. The van der Waals surface area contributed by atoms with E-state index < -0.39 is 0 Å². The molecular formula is C21H29N3O2. The molecule has 5 nitrogen and oxygen atoms in total. The van der Waals surface area contributed by atoms with Gasteiger partial charge in [-0.2, -0.15) is 0 Å². The molecule has 0 bridgehead atoms. The Morgan fingerprint density at radius 2 is 1.96 bits per heavy atom. The molecule has 5 heteroatoms. The van der Waals surface area contributed by atoms with Crippen molar-refractivity contribution in [3.8, 4) is 0 Å². The highest BCUT2D eigenvalue weighted by Crippen LogP contribution is 2.41. The third-order valence-electron chi connectivity index (χ3n) is 6.08. The van der Waals surface area contributed by atoms with Crippen LogP contribution in [-0.4, -0.2) is 60.4 Å². The predicted octanol–water partition coefficient (Wildman–Crippen LogP) is 1.68. The number of likely N-dealkylation sites (tertiary alicyclic amines) is 2. The normalized spacial score (nSPS) is 26.5. The lowest BCUT2D eigenvalue weighted by atomic mass is 9.98. The van der Waals surface area contributed by atoms with Gasteiger partial charge in [-0.1, -0.05) is 30.3 Å². The Bertz CT molecular complexity index is 644. The fourth-order valence-electron chi connectivity index (χ4n) is 4.48. The molecule has 0 radical (unpaired) electrons. The van der Waals surface area contributed by atoms with Gasteiger partial charge in [-0.3, -0.25) is 9.59 Å². The van der Waals surface area contributed by atoms with Crippen molar-refractivity contribution in [2.75, 3.05) is 32.7 Å². The SMILES string of the molecule is O=C(CN1CCCC1=O)N[C@@H]1CN(CCc2ccccc2)C[C@H]1C1CC1. The van der Waals surface area contributed by atoms with Gasteiger partial charge in [0.25, 0.3) is 0 Å². The molecule has 140 valence electrons. The Kier molecular flexibility index (Phi) is 5.25. The molecule has 4 rings (SSSR count). The van der Waals surface area contributed by atoms with E-state index in [1.54, 1.807) is 4.90 Å². The highest BCUT2D eigenvalue weighted by molar-refractivity contribution is 5.86. The number of nitrogens with one attached hydrogen (secondary N) is 1. The first-order valence-electron chi connectivity index (χ1n) is 10.0. The Hall–Kier alpha value is -1.88. The van der Waals surface area contributed by atoms with Crippen molar-refractivity contribution < 1.29 is 9.59 Å². The van der Waals surface area contributed by atoms with Gasteiger partial charge in [-0.05, 0) is 43.1 Å². The minimum absolute atomic E-state index is 0.0146. The molecule has 1 aliphatic carbocycles. The minimum atomic E-state index is 0.0146. The lowest BCUT2D eigenvalue weighted by Crippen LogP contribution is -2.46. The van der Waals surface area contributed by atoms with E-state index in [9.17, 15) is 9.59 Å². The first kappa shape index (κ1) is 17.5. The molecule has 3 fully saturated rings. The van der Waals surface area contributed by atoms with Crippen LogP contribution in [0.2, 0.25) is 0 Å². The van der Waals surface area contributed by atoms with Crippen molar-refractivity contribution in [3.63, 3.8) is 0 Å². The smallest absolute Gasteiger partial charge is 0.239 e. The molecule has 0 spiro atoms. The summed E-state index contributed by atoms with van der Waals surface area (Å²) < 4.78 is 0. The van der Waals surface area contributed by atoms with E-state index in [2.05, 4.69) is 40.5 Å². The topological polar surface area (TPSA) is 52.7 Å². The van der Waals surface area contributed by atoms with Crippen LogP contribution in [0.1, 0.15) is 31.2 Å². The van der Waals surface area contributed by atoms with Crippen LogP contribution >= 0.6 is 0 Å². The van der Waals surface area contributed by atoms with E-state index >= 15 is 0 Å². The molecule has 0 aromatic heterocycles. The number of hydrogen-bond donors (Lipinski definition) is 1. The number of benzene rings is 1. The summed E-state index contributed by atoms with van der Waals surface area (Å²) in [6.45, 7) is 4.03. The van der Waals surface area contributed by atoms with Gasteiger partial charge in [0.2, 0.25) is 11.8 Å². The van der Waals surface area contributed by atoms with Crippen molar-refractivity contribution in [3.05, 3.63) is 35.9 Å². The summed E-state index contributed by atoms with van der Waals surface area (Å²) >= 11 is 0. The zero-order valence-electron chi connectivity index (χ0n) is 15.4. The van der Waals surface area contributed by atoms with Crippen LogP contribution in [0.25, 0.3) is 0 Å². The molecule has 2 amide bonds. The van der Waals surface area contributed by atoms with E-state index in [1.165, 1.54) is 18.4 Å². The third kappa shape index (κ3) is 4.26. The molecule has 1 aromatic carbocycles. The average molecular weight is 355 g/mol. The Labute approximate surface area is 155 Å². The molecule has 2 saturated heterocycles. The van der Waals surface area contributed by atoms with Gasteiger partial charge in [0, 0.05) is 38.6 Å². The van der Waals surface area contributed by atoms with Crippen LogP contribution < -0.4 is 5.32 Å². The minimum Gasteiger partial charge on any atom is -0.350 e. The van der Waals surface area contributed by atoms with Crippen molar-refractivity contribution in [1.29, 1.82) is 0 Å². The second-order valence-corrected chi connectivity index (χ2v) is 8.09. The molecule has 3 aliphatic rings. The first-order chi connectivity index (χ1) is 12.7. The van der Waals surface area contributed by atoms with E-state index in [0.29, 0.717) is 12.3 Å². The van der Waals surface area contributed by atoms with Gasteiger partial charge in [0.15, 0.2) is 0 Å². The van der Waals surface area contributed by atoms with Gasteiger partial charge < -0.3 is 15.1 Å². The van der Waals surface area contributed by atoms with E-state index in [4.69, 9.17) is 0 Å². The highest BCUT2D eigenvalue weighted by Gasteiger charge is 2.42. The molecular weight excluding hydrogens is 326 g/mol. The van der Waals surface area contributed by atoms with Crippen LogP contribution in [0.3, 0.4) is 0 Å². The summed E-state index contributed by atoms with van der Waals surface area (Å²) in [6, 6.07) is 10.8. The van der Waals surface area contributed by atoms with Crippen LogP contribution in [0.5, 0.6) is 0 Å². The Morgan fingerprint density at radius 3 is 2.65 bits per heavy atom. The molecule has 2 aliphatic heterocycles. The average Bonchev–Trinajstić information content (AvgIpc) is 3.30. The number of nitrogens with zero attached hydrogens (tertiary/aromatic N) is 2. The van der Waals surface area contributed by atoms with Crippen molar-refractivity contribution in [2.45, 2.75) is 38.1 Å². The van der Waals surface area contributed by atoms with Crippen LogP contribution in [-0.2, 0) is 16.0 Å². The fraction of sp³-hybridized carbons (Fsp3) is 0.619. The summed E-state index contributed by atoms with van der Waals surface area (Å²) in [5, 5.41) is 3.25. The largest absolute Gasteiger partial charge is 0.350 e. The summed E-state index contributed by atoms with van der Waals surface area (Å²) in [4.78, 5) is 28.4. The Morgan fingerprint density at radius 1 is 1.15 bits per heavy atom. The second kappa shape index (κ2) is 7.78. The van der Waals surface area contributed by atoms with Crippen molar-refractivity contribution in [2.24, 2.45) is 11.8 Å². The van der Waals surface area contributed by atoms with Gasteiger partial charge in [-0.25, -0.2) is 0 Å². The number of hydrogen-bond acceptors (Lipinski definition) is 3. The first-order valence-corrected chi connectivity index (χ1v) is 10.0. The lowest BCUT2D eigenvalue weighted by Gasteiger charge is -2.22. The molecule has 1 saturated carbocycles. The molecule has 2 atom stereocenters. The fourth-order valence-corrected chi connectivity index (χ4v) is 4.48. The molecule has 1 N–H and O–H groups in total.